The number of amides is 2. The smallest absolute Gasteiger partial charge is 0.411 e. The molecule has 240 valence electrons. The number of hydrogen-bond donors (Lipinski definition) is 2. The number of thiophene rings is 1. The van der Waals surface area contributed by atoms with Crippen LogP contribution in [0.25, 0.3) is 11.1 Å². The highest BCUT2D eigenvalue weighted by Gasteiger charge is 2.29. The molecule has 46 heavy (non-hydrogen) atoms. The van der Waals surface area contributed by atoms with E-state index in [-0.39, 0.29) is 18.0 Å². The normalized spacial score (nSPS) is 18.6. The largest absolute Gasteiger partial charge is 0.453 e. The van der Waals surface area contributed by atoms with Gasteiger partial charge in [0.2, 0.25) is 0 Å². The van der Waals surface area contributed by atoms with Crippen molar-refractivity contribution in [3.05, 3.63) is 106 Å². The Morgan fingerprint density at radius 1 is 0.870 bits per heavy atom. The predicted octanol–water partition coefficient (Wildman–Crippen LogP) is 7.96. The second kappa shape index (κ2) is 15.0. The second-order valence-corrected chi connectivity index (χ2v) is 13.6. The number of nitrogens with two attached hydrogens (primary N) is 1. The van der Waals surface area contributed by atoms with Gasteiger partial charge in [-0.05, 0) is 103 Å². The predicted molar refractivity (Wildman–Crippen MR) is 187 cm³/mol. The first kappa shape index (κ1) is 31.8. The van der Waals surface area contributed by atoms with E-state index in [1.54, 1.807) is 0 Å². The minimum atomic E-state index is -0.485. The van der Waals surface area contributed by atoms with Gasteiger partial charge >= 0.3 is 6.09 Å². The van der Waals surface area contributed by atoms with Crippen LogP contribution >= 0.6 is 11.3 Å². The van der Waals surface area contributed by atoms with Crippen molar-refractivity contribution in [3.8, 4) is 11.1 Å². The second-order valence-electron chi connectivity index (χ2n) is 12.6. The lowest BCUT2D eigenvalue weighted by Gasteiger charge is -2.36. The average molecular weight is 637 g/mol. The van der Waals surface area contributed by atoms with E-state index in [1.807, 2.05) is 34.5 Å². The zero-order valence-corrected chi connectivity index (χ0v) is 27.4. The molecule has 1 saturated carbocycles. The van der Waals surface area contributed by atoms with Gasteiger partial charge in [0, 0.05) is 31.7 Å². The van der Waals surface area contributed by atoms with Gasteiger partial charge in [0.15, 0.2) is 0 Å². The summed E-state index contributed by atoms with van der Waals surface area (Å²) in [5.74, 6) is 0.733. The zero-order valence-electron chi connectivity index (χ0n) is 26.6. The van der Waals surface area contributed by atoms with Crippen LogP contribution in [0.5, 0.6) is 0 Å². The van der Waals surface area contributed by atoms with Crippen LogP contribution in [-0.2, 0) is 17.7 Å². The summed E-state index contributed by atoms with van der Waals surface area (Å²) in [5, 5.41) is 4.94. The molecule has 8 heteroatoms. The number of anilines is 2. The third kappa shape index (κ3) is 7.80. The van der Waals surface area contributed by atoms with Gasteiger partial charge in [0.1, 0.15) is 0 Å². The third-order valence-corrected chi connectivity index (χ3v) is 10.4. The summed E-state index contributed by atoms with van der Waals surface area (Å²) in [6.45, 7) is 2.40. The third-order valence-electron chi connectivity index (χ3n) is 9.53. The molecule has 2 fully saturated rings. The molecule has 4 aromatic rings. The molecular formula is C38H44N4O3S. The van der Waals surface area contributed by atoms with Gasteiger partial charge in [-0.3, -0.25) is 10.1 Å². The summed E-state index contributed by atoms with van der Waals surface area (Å²) in [6, 6.07) is 29.6. The van der Waals surface area contributed by atoms with Gasteiger partial charge in [-0.1, -0.05) is 60.7 Å². The number of ether oxygens (including phenoxy) is 1. The average Bonchev–Trinajstić information content (AvgIpc) is 3.64. The van der Waals surface area contributed by atoms with Crippen LogP contribution in [0.15, 0.2) is 90.3 Å². The molecule has 6 rings (SSSR count). The first-order valence-corrected chi connectivity index (χ1v) is 17.3. The van der Waals surface area contributed by atoms with Gasteiger partial charge in [0.25, 0.3) is 5.91 Å². The summed E-state index contributed by atoms with van der Waals surface area (Å²) in [6.07, 6.45) is 6.53. The van der Waals surface area contributed by atoms with E-state index in [0.29, 0.717) is 12.5 Å². The Morgan fingerprint density at radius 3 is 2.33 bits per heavy atom. The fraction of sp³-hybridized carbons (Fsp3) is 0.368. The molecule has 7 nitrogen and oxygen atoms in total. The van der Waals surface area contributed by atoms with Gasteiger partial charge in [-0.25, -0.2) is 4.79 Å². The Morgan fingerprint density at radius 2 is 1.61 bits per heavy atom. The summed E-state index contributed by atoms with van der Waals surface area (Å²) in [5.41, 5.74) is 12.5. The monoisotopic (exact) mass is 636 g/mol. The summed E-state index contributed by atoms with van der Waals surface area (Å²) >= 11 is 1.49. The van der Waals surface area contributed by atoms with Crippen LogP contribution < -0.4 is 16.0 Å². The molecule has 1 aliphatic carbocycles. The van der Waals surface area contributed by atoms with E-state index in [9.17, 15) is 9.59 Å². The zero-order chi connectivity index (χ0) is 31.9. The molecule has 0 bridgehead atoms. The molecule has 2 amide bonds. The van der Waals surface area contributed by atoms with Gasteiger partial charge < -0.3 is 20.3 Å². The van der Waals surface area contributed by atoms with Crippen molar-refractivity contribution >= 4 is 34.7 Å². The number of piperidine rings is 1. The molecule has 0 unspecified atom stereocenters. The number of nitrogens with zero attached hydrogens (tertiary/aromatic N) is 2. The fourth-order valence-electron chi connectivity index (χ4n) is 6.95. The van der Waals surface area contributed by atoms with Crippen LogP contribution in [0, 0.1) is 5.92 Å². The van der Waals surface area contributed by atoms with E-state index >= 15 is 0 Å². The maximum absolute atomic E-state index is 13.7. The van der Waals surface area contributed by atoms with Crippen molar-refractivity contribution in [1.82, 2.24) is 4.90 Å². The van der Waals surface area contributed by atoms with Crippen molar-refractivity contribution in [2.75, 3.05) is 30.4 Å². The summed E-state index contributed by atoms with van der Waals surface area (Å²) < 4.78 is 4.99. The summed E-state index contributed by atoms with van der Waals surface area (Å²) in [4.78, 5) is 31.3. The quantitative estimate of drug-likeness (QED) is 0.195. The van der Waals surface area contributed by atoms with Gasteiger partial charge in [-0.2, -0.15) is 0 Å². The molecule has 3 aromatic carbocycles. The van der Waals surface area contributed by atoms with Crippen LogP contribution in [-0.4, -0.2) is 49.2 Å². The lowest BCUT2D eigenvalue weighted by Crippen LogP contribution is -2.43. The first-order valence-electron chi connectivity index (χ1n) is 16.4. The van der Waals surface area contributed by atoms with Gasteiger partial charge in [-0.15, -0.1) is 11.3 Å². The Hall–Kier alpha value is -4.14. The molecule has 3 N–H and O–H groups in total. The first-order chi connectivity index (χ1) is 22.5. The molecule has 2 heterocycles. The lowest BCUT2D eigenvalue weighted by molar-refractivity contribution is 0.0611. The highest BCUT2D eigenvalue weighted by atomic mass is 32.1. The van der Waals surface area contributed by atoms with E-state index in [4.69, 9.17) is 10.5 Å². The summed E-state index contributed by atoms with van der Waals surface area (Å²) in [7, 11) is 1.39. The van der Waals surface area contributed by atoms with Crippen molar-refractivity contribution in [2.45, 2.75) is 63.6 Å². The molecule has 1 saturated heterocycles. The Bertz CT molecular complexity index is 1590. The standard InChI is InChI=1S/C38H44N4O3S/c1-45-38(44)40-34-25-31(12-17-35(34)41-20-18-28(19-21-41)23-27-7-3-2-4-8-27)30-10-5-9-29(24-30)26-42(33-15-13-32(39)14-16-33)37(43)36-11-6-22-46-36/h2-12,17,22,24-25,28,32-33H,13-16,18-21,23,26,39H2,1H3,(H,40,44). The van der Waals surface area contributed by atoms with Crippen molar-refractivity contribution in [3.63, 3.8) is 0 Å². The molecule has 2 aliphatic rings. The number of carbonyl (C=O) groups excluding carboxylic acids is 2. The Balaban J connectivity index is 1.21. The Labute approximate surface area is 276 Å². The number of benzene rings is 3. The van der Waals surface area contributed by atoms with E-state index < -0.39 is 6.09 Å². The van der Waals surface area contributed by atoms with Crippen LogP contribution in [0.2, 0.25) is 0 Å². The van der Waals surface area contributed by atoms with Crippen molar-refractivity contribution < 1.29 is 14.3 Å². The number of methoxy groups -OCH3 is 1. The number of hydrogen-bond acceptors (Lipinski definition) is 6. The van der Waals surface area contributed by atoms with Crippen molar-refractivity contribution in [1.29, 1.82) is 0 Å². The minimum absolute atomic E-state index is 0.0855. The fourth-order valence-corrected chi connectivity index (χ4v) is 7.62. The number of carbonyl (C=O) groups is 2. The van der Waals surface area contributed by atoms with Crippen LogP contribution in [0.1, 0.15) is 59.3 Å². The van der Waals surface area contributed by atoms with Crippen molar-refractivity contribution in [2.24, 2.45) is 11.7 Å². The molecule has 0 radical (unpaired) electrons. The highest BCUT2D eigenvalue weighted by Crippen LogP contribution is 2.35. The molecule has 0 spiro atoms. The van der Waals surface area contributed by atoms with Crippen LogP contribution in [0.3, 0.4) is 0 Å². The lowest BCUT2D eigenvalue weighted by atomic mass is 9.89. The van der Waals surface area contributed by atoms with Crippen LogP contribution in [0.4, 0.5) is 16.2 Å². The maximum Gasteiger partial charge on any atom is 0.411 e. The maximum atomic E-state index is 13.7. The number of rotatable bonds is 9. The molecule has 0 atom stereocenters. The van der Waals surface area contributed by atoms with Gasteiger partial charge in [0.05, 0.1) is 23.4 Å². The SMILES string of the molecule is COC(=O)Nc1cc(-c2cccc(CN(C(=O)c3cccs3)C3CCC(N)CC3)c2)ccc1N1CCC(Cc2ccccc2)CC1. The molecular weight excluding hydrogens is 593 g/mol. The molecule has 1 aliphatic heterocycles. The highest BCUT2D eigenvalue weighted by molar-refractivity contribution is 7.12. The topological polar surface area (TPSA) is 87.9 Å². The number of nitrogens with one attached hydrogen (secondary N) is 1. The Kier molecular flexibility index (Phi) is 10.4. The molecule has 1 aromatic heterocycles. The minimum Gasteiger partial charge on any atom is -0.453 e. The van der Waals surface area contributed by atoms with E-state index in [1.165, 1.54) is 24.0 Å². The van der Waals surface area contributed by atoms with E-state index in [0.717, 1.165) is 91.0 Å². The van der Waals surface area contributed by atoms with E-state index in [2.05, 4.69) is 70.9 Å².